The van der Waals surface area contributed by atoms with Gasteiger partial charge >= 0.3 is 0 Å². The molecule has 1 fully saturated rings. The highest BCUT2D eigenvalue weighted by molar-refractivity contribution is 7.15. The van der Waals surface area contributed by atoms with Crippen molar-refractivity contribution in [1.29, 1.82) is 0 Å². The number of thiazole rings is 1. The number of aromatic nitrogens is 1. The fraction of sp³-hybridized carbons (Fsp3) is 0.733. The minimum absolute atomic E-state index is 0.0267. The number of amides is 1. The normalized spacial score (nSPS) is 25.9. The maximum absolute atomic E-state index is 11.2. The number of hydrogen-bond acceptors (Lipinski definition) is 4. The minimum Gasteiger partial charge on any atom is -0.302 e. The molecule has 2 heterocycles. The Morgan fingerprint density at radius 1 is 1.50 bits per heavy atom. The summed E-state index contributed by atoms with van der Waals surface area (Å²) < 4.78 is 0. The molecule has 20 heavy (non-hydrogen) atoms. The van der Waals surface area contributed by atoms with Crippen molar-refractivity contribution in [3.63, 3.8) is 0 Å². The van der Waals surface area contributed by atoms with Crippen LogP contribution in [0.1, 0.15) is 43.7 Å². The summed E-state index contributed by atoms with van der Waals surface area (Å²) >= 11 is 1.67. The monoisotopic (exact) mass is 293 g/mol. The van der Waals surface area contributed by atoms with Gasteiger partial charge in [0.2, 0.25) is 5.91 Å². The smallest absolute Gasteiger partial charge is 0.223 e. The molecule has 5 heteroatoms. The van der Waals surface area contributed by atoms with Gasteiger partial charge in [0.15, 0.2) is 5.13 Å². The van der Waals surface area contributed by atoms with Crippen LogP contribution in [0.4, 0.5) is 5.13 Å². The van der Waals surface area contributed by atoms with Crippen LogP contribution in [0.15, 0.2) is 0 Å². The number of carbonyl (C=O) groups is 1. The molecule has 1 N–H and O–H groups in total. The predicted molar refractivity (Wildman–Crippen MR) is 82.2 cm³/mol. The third-order valence-corrected chi connectivity index (χ3v) is 5.49. The van der Waals surface area contributed by atoms with E-state index in [2.05, 4.69) is 22.1 Å². The van der Waals surface area contributed by atoms with Crippen LogP contribution in [0, 0.1) is 5.92 Å². The van der Waals surface area contributed by atoms with Crippen LogP contribution >= 0.6 is 11.3 Å². The topological polar surface area (TPSA) is 45.2 Å². The molecule has 0 saturated carbocycles. The Morgan fingerprint density at radius 3 is 3.10 bits per heavy atom. The van der Waals surface area contributed by atoms with E-state index in [1.54, 1.807) is 18.3 Å². The van der Waals surface area contributed by atoms with E-state index >= 15 is 0 Å². The molecular weight excluding hydrogens is 270 g/mol. The molecule has 1 aromatic rings. The number of fused-ring (bicyclic) bond motifs is 2. The van der Waals surface area contributed by atoms with Gasteiger partial charge in [-0.2, -0.15) is 0 Å². The van der Waals surface area contributed by atoms with Crippen molar-refractivity contribution in [3.05, 3.63) is 10.6 Å². The predicted octanol–water partition coefficient (Wildman–Crippen LogP) is 2.69. The van der Waals surface area contributed by atoms with E-state index in [1.165, 1.54) is 42.9 Å². The van der Waals surface area contributed by atoms with E-state index in [1.807, 2.05) is 0 Å². The Labute approximate surface area is 124 Å². The first kappa shape index (κ1) is 14.0. The van der Waals surface area contributed by atoms with Crippen molar-refractivity contribution in [2.24, 2.45) is 5.92 Å². The third kappa shape index (κ3) is 2.74. The summed E-state index contributed by atoms with van der Waals surface area (Å²) in [5, 5.41) is 3.62. The molecule has 1 amide bonds. The number of piperidine rings is 1. The van der Waals surface area contributed by atoms with E-state index in [4.69, 9.17) is 0 Å². The van der Waals surface area contributed by atoms with Gasteiger partial charge in [-0.1, -0.05) is 6.92 Å². The van der Waals surface area contributed by atoms with E-state index < -0.39 is 0 Å². The van der Waals surface area contributed by atoms with Crippen molar-refractivity contribution in [3.8, 4) is 0 Å². The average molecular weight is 293 g/mol. The SMILES string of the molecule is CCCN1CCCC2Cc3nc(NC(C)=O)sc3CC21. The largest absolute Gasteiger partial charge is 0.302 e. The summed E-state index contributed by atoms with van der Waals surface area (Å²) in [5.41, 5.74) is 1.23. The van der Waals surface area contributed by atoms with Crippen LogP contribution < -0.4 is 5.32 Å². The molecule has 110 valence electrons. The minimum atomic E-state index is -0.0267. The standard InChI is InChI=1S/C15H23N3OS/c1-3-6-18-7-4-5-11-8-12-14(9-13(11)18)20-15(17-12)16-10(2)19/h11,13H,3-9H2,1-2H3,(H,16,17,19). The molecule has 0 aromatic carbocycles. The second-order valence-electron chi connectivity index (χ2n) is 5.98. The van der Waals surface area contributed by atoms with Gasteiger partial charge in [-0.05, 0) is 51.1 Å². The van der Waals surface area contributed by atoms with Crippen LogP contribution in [0.5, 0.6) is 0 Å². The summed E-state index contributed by atoms with van der Waals surface area (Å²) in [5.74, 6) is 0.733. The number of nitrogens with zero attached hydrogens (tertiary/aromatic N) is 2. The van der Waals surface area contributed by atoms with Crippen LogP contribution in [0.3, 0.4) is 0 Å². The number of rotatable bonds is 3. The van der Waals surface area contributed by atoms with E-state index in [0.717, 1.165) is 23.9 Å². The lowest BCUT2D eigenvalue weighted by atomic mass is 9.79. The van der Waals surface area contributed by atoms with Crippen molar-refractivity contribution in [2.45, 2.75) is 52.0 Å². The number of anilines is 1. The molecule has 1 aliphatic carbocycles. The zero-order chi connectivity index (χ0) is 14.1. The van der Waals surface area contributed by atoms with Crippen LogP contribution in [0.2, 0.25) is 0 Å². The van der Waals surface area contributed by atoms with Crippen LogP contribution in [-0.4, -0.2) is 34.9 Å². The summed E-state index contributed by atoms with van der Waals surface area (Å²) in [4.78, 5) is 19.8. The zero-order valence-electron chi connectivity index (χ0n) is 12.3. The zero-order valence-corrected chi connectivity index (χ0v) is 13.1. The van der Waals surface area contributed by atoms with Crippen molar-refractivity contribution in [2.75, 3.05) is 18.4 Å². The van der Waals surface area contributed by atoms with Gasteiger partial charge in [-0.25, -0.2) is 4.98 Å². The Balaban J connectivity index is 1.79. The number of hydrogen-bond donors (Lipinski definition) is 1. The maximum Gasteiger partial charge on any atom is 0.223 e. The molecule has 4 nitrogen and oxygen atoms in total. The molecule has 2 aliphatic rings. The molecule has 0 bridgehead atoms. The second-order valence-corrected chi connectivity index (χ2v) is 7.07. The molecule has 1 aromatic heterocycles. The lowest BCUT2D eigenvalue weighted by Gasteiger charge is -2.43. The van der Waals surface area contributed by atoms with E-state index in [9.17, 15) is 4.79 Å². The van der Waals surface area contributed by atoms with Crippen molar-refractivity contribution in [1.82, 2.24) is 9.88 Å². The average Bonchev–Trinajstić information content (AvgIpc) is 2.77. The first-order valence-corrected chi connectivity index (χ1v) is 8.49. The lowest BCUT2D eigenvalue weighted by Crippen LogP contribution is -2.49. The first-order chi connectivity index (χ1) is 9.67. The first-order valence-electron chi connectivity index (χ1n) is 7.67. The quantitative estimate of drug-likeness (QED) is 0.932. The number of likely N-dealkylation sites (tertiary alicyclic amines) is 1. The van der Waals surface area contributed by atoms with Gasteiger partial charge in [0.05, 0.1) is 5.69 Å². The highest BCUT2D eigenvalue weighted by atomic mass is 32.1. The van der Waals surface area contributed by atoms with Gasteiger partial charge in [-0.3, -0.25) is 9.69 Å². The van der Waals surface area contributed by atoms with Gasteiger partial charge in [0.25, 0.3) is 0 Å². The Hall–Kier alpha value is -0.940. The fourth-order valence-electron chi connectivity index (χ4n) is 3.66. The number of carbonyl (C=O) groups excluding carboxylic acids is 1. The van der Waals surface area contributed by atoms with E-state index in [0.29, 0.717) is 6.04 Å². The maximum atomic E-state index is 11.2. The molecule has 1 saturated heterocycles. The molecular formula is C15H23N3OS. The molecule has 0 radical (unpaired) electrons. The Kier molecular flexibility index (Phi) is 4.08. The molecule has 3 rings (SSSR count). The Bertz CT molecular complexity index is 497. The molecule has 2 atom stereocenters. The highest BCUT2D eigenvalue weighted by Gasteiger charge is 2.36. The molecule has 2 unspecified atom stereocenters. The highest BCUT2D eigenvalue weighted by Crippen LogP contribution is 2.38. The second kappa shape index (κ2) is 5.82. The lowest BCUT2D eigenvalue weighted by molar-refractivity contribution is -0.114. The molecule has 0 spiro atoms. The van der Waals surface area contributed by atoms with Crippen LogP contribution in [0.25, 0.3) is 0 Å². The summed E-state index contributed by atoms with van der Waals surface area (Å²) in [6.07, 6.45) is 6.10. The molecule has 1 aliphatic heterocycles. The van der Waals surface area contributed by atoms with Gasteiger partial charge < -0.3 is 5.32 Å². The Morgan fingerprint density at radius 2 is 2.35 bits per heavy atom. The van der Waals surface area contributed by atoms with Crippen molar-refractivity contribution >= 4 is 22.4 Å². The summed E-state index contributed by atoms with van der Waals surface area (Å²) in [6.45, 7) is 6.28. The summed E-state index contributed by atoms with van der Waals surface area (Å²) in [7, 11) is 0. The van der Waals surface area contributed by atoms with Crippen molar-refractivity contribution < 1.29 is 4.79 Å². The third-order valence-electron chi connectivity index (χ3n) is 4.46. The van der Waals surface area contributed by atoms with E-state index in [-0.39, 0.29) is 5.91 Å². The van der Waals surface area contributed by atoms with Gasteiger partial charge in [0, 0.05) is 17.8 Å². The number of nitrogens with one attached hydrogen (secondary N) is 1. The fourth-order valence-corrected chi connectivity index (χ4v) is 4.74. The van der Waals surface area contributed by atoms with Crippen LogP contribution in [-0.2, 0) is 17.6 Å². The van der Waals surface area contributed by atoms with Gasteiger partial charge in [-0.15, -0.1) is 11.3 Å². The van der Waals surface area contributed by atoms with Gasteiger partial charge in [0.1, 0.15) is 0 Å². The summed E-state index contributed by atoms with van der Waals surface area (Å²) in [6, 6.07) is 0.696.